The van der Waals surface area contributed by atoms with Gasteiger partial charge in [-0.1, -0.05) is 171 Å². The number of cyclic esters (lactones) is 2. The van der Waals surface area contributed by atoms with Gasteiger partial charge in [0, 0.05) is 0 Å². The summed E-state index contributed by atoms with van der Waals surface area (Å²) in [5, 5.41) is 0. The molecule has 55 heavy (non-hydrogen) atoms. The fraction of sp³-hybridized carbons (Fsp3) is 0.800. The molecule has 2 unspecified atom stereocenters. The molecule has 5 heteroatoms. The first-order valence-electron chi connectivity index (χ1n) is 23.9. The number of ether oxygens (including phenoxy) is 3. The van der Waals surface area contributed by atoms with Crippen LogP contribution in [0.1, 0.15) is 244 Å². The molecule has 0 aromatic heterocycles. The van der Waals surface area contributed by atoms with Crippen molar-refractivity contribution >= 4 is 12.3 Å². The molecule has 5 aliphatic rings. The van der Waals surface area contributed by atoms with Crippen molar-refractivity contribution < 1.29 is 23.8 Å². The van der Waals surface area contributed by atoms with Gasteiger partial charge in [-0.05, 0) is 122 Å². The van der Waals surface area contributed by atoms with Crippen LogP contribution in [0.5, 0.6) is 0 Å². The first kappa shape index (κ1) is 48.8. The van der Waals surface area contributed by atoms with Crippen molar-refractivity contribution in [3.63, 3.8) is 0 Å². The lowest BCUT2D eigenvalue weighted by Gasteiger charge is -2.22. The Kier molecular flexibility index (Phi) is 34.3. The summed E-state index contributed by atoms with van der Waals surface area (Å²) in [6.45, 7) is 0. The van der Waals surface area contributed by atoms with Gasteiger partial charge < -0.3 is 14.2 Å². The van der Waals surface area contributed by atoms with Gasteiger partial charge in [0.05, 0.1) is 0 Å². The van der Waals surface area contributed by atoms with Gasteiger partial charge in [0.25, 0.3) is 0 Å². The van der Waals surface area contributed by atoms with E-state index in [0.717, 1.165) is 44.9 Å². The molecule has 0 saturated carbocycles. The Morgan fingerprint density at radius 2 is 0.473 bits per heavy atom. The summed E-state index contributed by atoms with van der Waals surface area (Å²) in [6, 6.07) is 0. The van der Waals surface area contributed by atoms with Crippen LogP contribution in [0.3, 0.4) is 0 Å². The van der Waals surface area contributed by atoms with Gasteiger partial charge in [-0.2, -0.15) is 0 Å². The second-order valence-electron chi connectivity index (χ2n) is 16.6. The first-order valence-corrected chi connectivity index (χ1v) is 23.9. The Labute approximate surface area is 340 Å². The molecule has 2 atom stereocenters. The molecule has 5 nitrogen and oxygen atoms in total. The Morgan fingerprint density at radius 1 is 0.273 bits per heavy atom. The minimum Gasteiger partial charge on any atom is -0.427 e. The first-order chi connectivity index (χ1) is 27.3. The largest absolute Gasteiger partial charge is 0.518 e. The molecule has 0 radical (unpaired) electrons. The molecule has 1 heterocycles. The number of carbonyl (C=O) groups is 2. The highest BCUT2D eigenvalue weighted by atomic mass is 16.8. The van der Waals surface area contributed by atoms with Crippen molar-refractivity contribution in [2.75, 3.05) is 0 Å². The maximum absolute atomic E-state index is 11.3. The van der Waals surface area contributed by atoms with Gasteiger partial charge >= 0.3 is 12.3 Å². The van der Waals surface area contributed by atoms with Crippen molar-refractivity contribution in [1.82, 2.24) is 0 Å². The summed E-state index contributed by atoms with van der Waals surface area (Å²) in [4.78, 5) is 22.5. The number of fused-ring (bicyclic) bond motifs is 1. The van der Waals surface area contributed by atoms with Crippen molar-refractivity contribution in [3.8, 4) is 0 Å². The molecule has 0 N–H and O–H groups in total. The Balaban J connectivity index is 0.000000260. The molecule has 0 amide bonds. The molecule has 0 aromatic carbocycles. The van der Waals surface area contributed by atoms with Crippen LogP contribution in [0.25, 0.3) is 0 Å². The van der Waals surface area contributed by atoms with Crippen LogP contribution in [-0.4, -0.2) is 24.5 Å². The van der Waals surface area contributed by atoms with Crippen molar-refractivity contribution in [1.29, 1.82) is 0 Å². The van der Waals surface area contributed by atoms with Gasteiger partial charge in [-0.15, -0.1) is 0 Å². The summed E-state index contributed by atoms with van der Waals surface area (Å²) in [6.07, 6.45) is 66.3. The highest BCUT2D eigenvalue weighted by Crippen LogP contribution is 2.23. The van der Waals surface area contributed by atoms with Gasteiger partial charge in [0.2, 0.25) is 0 Å². The topological polar surface area (TPSA) is 61.8 Å². The zero-order chi connectivity index (χ0) is 39.0. The lowest BCUT2D eigenvalue weighted by Crippen LogP contribution is -2.31. The maximum atomic E-state index is 11.3. The fourth-order valence-electron chi connectivity index (χ4n) is 7.92. The van der Waals surface area contributed by atoms with E-state index >= 15 is 0 Å². The standard InChI is InChI=1S/C14H20O5.3C12H22/c15-13-17-11-9-7-5-3-1-2-4-6-8-10-12(11)18-14(16)19-13;3*1-2-4-6-8-10-12-11-9-7-5-3-1/h1,3,11-12H,2,4-10H2;3*1-2H,3-12H2/b3-1-;;;. The van der Waals surface area contributed by atoms with Gasteiger partial charge in [-0.25, -0.2) is 9.59 Å². The average molecular weight is 767 g/mol. The molecular weight excluding hydrogens is 681 g/mol. The zero-order valence-corrected chi connectivity index (χ0v) is 35.7. The van der Waals surface area contributed by atoms with Gasteiger partial charge in [0.15, 0.2) is 0 Å². The second kappa shape index (κ2) is 38.6. The highest BCUT2D eigenvalue weighted by Gasteiger charge is 2.34. The van der Waals surface area contributed by atoms with E-state index in [9.17, 15) is 9.59 Å². The van der Waals surface area contributed by atoms with Gasteiger partial charge in [-0.3, -0.25) is 0 Å². The van der Waals surface area contributed by atoms with E-state index in [1.54, 1.807) is 0 Å². The molecular formula is C50H86O5. The van der Waals surface area contributed by atoms with E-state index in [1.165, 1.54) is 193 Å². The molecule has 316 valence electrons. The molecule has 4 aliphatic carbocycles. The van der Waals surface area contributed by atoms with E-state index in [4.69, 9.17) is 9.47 Å². The molecule has 0 bridgehead atoms. The minimum atomic E-state index is -0.944. The van der Waals surface area contributed by atoms with Crippen LogP contribution >= 0.6 is 0 Å². The molecule has 0 spiro atoms. The van der Waals surface area contributed by atoms with Crippen molar-refractivity contribution in [2.45, 2.75) is 256 Å². The van der Waals surface area contributed by atoms with Crippen LogP contribution < -0.4 is 0 Å². The third-order valence-corrected chi connectivity index (χ3v) is 11.4. The summed E-state index contributed by atoms with van der Waals surface area (Å²) < 4.78 is 14.7. The van der Waals surface area contributed by atoms with Crippen LogP contribution in [0.15, 0.2) is 48.6 Å². The van der Waals surface area contributed by atoms with E-state index in [0.29, 0.717) is 6.42 Å². The maximum Gasteiger partial charge on any atom is 0.518 e. The number of carbonyl (C=O) groups excluding carboxylic acids is 2. The monoisotopic (exact) mass is 767 g/mol. The fourth-order valence-corrected chi connectivity index (χ4v) is 7.92. The van der Waals surface area contributed by atoms with Crippen LogP contribution in [0, 0.1) is 0 Å². The van der Waals surface area contributed by atoms with E-state index in [-0.39, 0.29) is 12.2 Å². The number of hydrogen-bond acceptors (Lipinski definition) is 5. The van der Waals surface area contributed by atoms with Crippen LogP contribution in [-0.2, 0) is 14.2 Å². The van der Waals surface area contributed by atoms with E-state index < -0.39 is 12.3 Å². The lowest BCUT2D eigenvalue weighted by molar-refractivity contribution is 0.00330. The molecule has 1 fully saturated rings. The number of allylic oxidation sites excluding steroid dienone is 8. The summed E-state index contributed by atoms with van der Waals surface area (Å²) in [7, 11) is 0. The van der Waals surface area contributed by atoms with Gasteiger partial charge in [0.1, 0.15) is 12.2 Å². The van der Waals surface area contributed by atoms with E-state index in [1.807, 2.05) is 0 Å². The Hall–Kier alpha value is -2.30. The average Bonchev–Trinajstić information content (AvgIpc) is 3.29. The SMILES string of the molecule is C1=CCCCCCCCCCC1.C1=CCCCCCCCCCC1.C1=CCCCCCCCCCC1.O=C1OC(=O)OC2CCCCC/C=C\CCCC2O1. The number of hydrogen-bond donors (Lipinski definition) is 0. The third kappa shape index (κ3) is 32.5. The van der Waals surface area contributed by atoms with Crippen molar-refractivity contribution in [3.05, 3.63) is 48.6 Å². The smallest absolute Gasteiger partial charge is 0.427 e. The second-order valence-corrected chi connectivity index (χ2v) is 16.6. The summed E-state index contributed by atoms with van der Waals surface area (Å²) >= 11 is 0. The lowest BCUT2D eigenvalue weighted by atomic mass is 9.99. The van der Waals surface area contributed by atoms with E-state index in [2.05, 4.69) is 53.3 Å². The predicted octanol–water partition coefficient (Wildman–Crippen LogP) is 17.1. The molecule has 1 saturated heterocycles. The van der Waals surface area contributed by atoms with Crippen LogP contribution in [0.2, 0.25) is 0 Å². The predicted molar refractivity (Wildman–Crippen MR) is 234 cm³/mol. The third-order valence-electron chi connectivity index (χ3n) is 11.4. The highest BCUT2D eigenvalue weighted by molar-refractivity contribution is 5.77. The Morgan fingerprint density at radius 3 is 0.745 bits per heavy atom. The van der Waals surface area contributed by atoms with Crippen LogP contribution in [0.4, 0.5) is 9.59 Å². The quantitative estimate of drug-likeness (QED) is 0.140. The minimum absolute atomic E-state index is 0.373. The summed E-state index contributed by atoms with van der Waals surface area (Å²) in [5.74, 6) is 0. The molecule has 0 aromatic rings. The Bertz CT molecular complexity index is 883. The van der Waals surface area contributed by atoms with Crippen molar-refractivity contribution in [2.24, 2.45) is 0 Å². The zero-order valence-electron chi connectivity index (χ0n) is 35.7. The molecule has 1 aliphatic heterocycles. The number of rotatable bonds is 0. The normalized spacial score (nSPS) is 25.7. The summed E-state index contributed by atoms with van der Waals surface area (Å²) in [5.41, 5.74) is 0. The molecule has 5 rings (SSSR count).